The molecule has 2 bridgehead atoms. The SMILES string of the molecule is COC(=O)c1ccc(S(=O)(=O)N2C3CCC2C(C(=O)O)C3)cc1C. The van der Waals surface area contributed by atoms with Crippen molar-refractivity contribution in [3.05, 3.63) is 29.3 Å². The molecular formula is C16H19NO6S. The second-order valence-corrected chi connectivity index (χ2v) is 8.13. The molecule has 2 saturated heterocycles. The lowest BCUT2D eigenvalue weighted by Gasteiger charge is -2.23. The van der Waals surface area contributed by atoms with E-state index in [0.29, 0.717) is 30.4 Å². The minimum absolute atomic E-state index is 0.0793. The van der Waals surface area contributed by atoms with Crippen LogP contribution in [0.4, 0.5) is 0 Å². The summed E-state index contributed by atoms with van der Waals surface area (Å²) in [6, 6.07) is 3.50. The van der Waals surface area contributed by atoms with Gasteiger partial charge in [0.15, 0.2) is 0 Å². The molecule has 0 amide bonds. The molecule has 1 aromatic rings. The molecule has 0 aromatic heterocycles. The zero-order valence-corrected chi connectivity index (χ0v) is 14.2. The largest absolute Gasteiger partial charge is 0.481 e. The van der Waals surface area contributed by atoms with E-state index >= 15 is 0 Å². The van der Waals surface area contributed by atoms with Crippen molar-refractivity contribution in [2.24, 2.45) is 5.92 Å². The highest BCUT2D eigenvalue weighted by atomic mass is 32.2. The minimum atomic E-state index is -3.79. The van der Waals surface area contributed by atoms with E-state index in [-0.39, 0.29) is 10.9 Å². The molecule has 3 atom stereocenters. The predicted octanol–water partition coefficient (Wildman–Crippen LogP) is 1.41. The Morgan fingerprint density at radius 2 is 2.00 bits per heavy atom. The molecule has 0 radical (unpaired) electrons. The first-order chi connectivity index (χ1) is 11.3. The summed E-state index contributed by atoms with van der Waals surface area (Å²) in [5.74, 6) is -2.11. The van der Waals surface area contributed by atoms with Gasteiger partial charge in [-0.05, 0) is 49.9 Å². The summed E-state index contributed by atoms with van der Waals surface area (Å²) >= 11 is 0. The van der Waals surface area contributed by atoms with Gasteiger partial charge < -0.3 is 9.84 Å². The molecule has 0 saturated carbocycles. The molecule has 8 heteroatoms. The molecule has 0 spiro atoms. The summed E-state index contributed by atoms with van der Waals surface area (Å²) in [6.07, 6.45) is 1.62. The third kappa shape index (κ3) is 2.50. The molecule has 1 N–H and O–H groups in total. The highest BCUT2D eigenvalue weighted by molar-refractivity contribution is 7.89. The lowest BCUT2D eigenvalue weighted by molar-refractivity contribution is -0.142. The number of hydrogen-bond acceptors (Lipinski definition) is 5. The molecule has 7 nitrogen and oxygen atoms in total. The number of nitrogens with zero attached hydrogens (tertiary/aromatic N) is 1. The first-order valence-corrected chi connectivity index (χ1v) is 9.16. The van der Waals surface area contributed by atoms with Crippen molar-refractivity contribution in [1.82, 2.24) is 4.31 Å². The molecule has 2 aliphatic heterocycles. The number of carboxylic acids is 1. The van der Waals surface area contributed by atoms with Crippen molar-refractivity contribution in [3.63, 3.8) is 0 Å². The fourth-order valence-corrected chi connectivity index (χ4v) is 5.84. The number of hydrogen-bond donors (Lipinski definition) is 1. The molecule has 2 fully saturated rings. The zero-order valence-electron chi connectivity index (χ0n) is 13.4. The van der Waals surface area contributed by atoms with Crippen LogP contribution >= 0.6 is 0 Å². The minimum Gasteiger partial charge on any atom is -0.481 e. The van der Waals surface area contributed by atoms with E-state index in [1.54, 1.807) is 6.92 Å². The number of carbonyl (C=O) groups excluding carboxylic acids is 1. The smallest absolute Gasteiger partial charge is 0.338 e. The Kier molecular flexibility index (Phi) is 4.13. The maximum atomic E-state index is 13.0. The number of carboxylic acid groups (broad SMARTS) is 1. The fraction of sp³-hybridized carbons (Fsp3) is 0.500. The van der Waals surface area contributed by atoms with Crippen molar-refractivity contribution in [3.8, 4) is 0 Å². The van der Waals surface area contributed by atoms with Crippen LogP contribution in [0.3, 0.4) is 0 Å². The number of sulfonamides is 1. The van der Waals surface area contributed by atoms with E-state index in [2.05, 4.69) is 4.74 Å². The normalized spacial score (nSPS) is 26.5. The van der Waals surface area contributed by atoms with Gasteiger partial charge in [-0.15, -0.1) is 0 Å². The number of rotatable bonds is 4. The Bertz CT molecular complexity index is 803. The molecule has 130 valence electrons. The van der Waals surface area contributed by atoms with E-state index in [1.165, 1.54) is 29.6 Å². The summed E-state index contributed by atoms with van der Waals surface area (Å²) < 4.78 is 32.0. The number of carbonyl (C=O) groups is 2. The van der Waals surface area contributed by atoms with Crippen LogP contribution in [-0.4, -0.2) is 49.0 Å². The highest BCUT2D eigenvalue weighted by Crippen LogP contribution is 2.45. The van der Waals surface area contributed by atoms with Gasteiger partial charge in [0.05, 0.1) is 23.5 Å². The van der Waals surface area contributed by atoms with Gasteiger partial charge in [-0.2, -0.15) is 4.31 Å². The van der Waals surface area contributed by atoms with Crippen LogP contribution < -0.4 is 0 Å². The van der Waals surface area contributed by atoms with Crippen LogP contribution in [0, 0.1) is 12.8 Å². The van der Waals surface area contributed by atoms with E-state index in [1.807, 2.05) is 0 Å². The van der Waals surface area contributed by atoms with E-state index in [4.69, 9.17) is 0 Å². The number of aliphatic carboxylic acids is 1. The Labute approximate surface area is 140 Å². The Balaban J connectivity index is 1.96. The average molecular weight is 353 g/mol. The summed E-state index contributed by atoms with van der Waals surface area (Å²) in [4.78, 5) is 23.0. The summed E-state index contributed by atoms with van der Waals surface area (Å²) in [5, 5.41) is 9.29. The molecule has 3 rings (SSSR count). The Hall–Kier alpha value is -1.93. The van der Waals surface area contributed by atoms with Gasteiger partial charge in [0.2, 0.25) is 10.0 Å². The maximum absolute atomic E-state index is 13.0. The lowest BCUT2D eigenvalue weighted by atomic mass is 9.89. The van der Waals surface area contributed by atoms with E-state index in [9.17, 15) is 23.1 Å². The van der Waals surface area contributed by atoms with Gasteiger partial charge in [-0.3, -0.25) is 4.79 Å². The zero-order chi connectivity index (χ0) is 17.6. The summed E-state index contributed by atoms with van der Waals surface area (Å²) in [6.45, 7) is 1.64. The van der Waals surface area contributed by atoms with Crippen molar-refractivity contribution < 1.29 is 27.9 Å². The molecule has 1 aromatic carbocycles. The van der Waals surface area contributed by atoms with Gasteiger partial charge in [-0.1, -0.05) is 0 Å². The number of benzene rings is 1. The second-order valence-electron chi connectivity index (χ2n) is 6.28. The van der Waals surface area contributed by atoms with Crippen LogP contribution in [0.15, 0.2) is 23.1 Å². The molecule has 3 unspecified atom stereocenters. The van der Waals surface area contributed by atoms with Crippen LogP contribution in [-0.2, 0) is 19.6 Å². The highest BCUT2D eigenvalue weighted by Gasteiger charge is 2.54. The van der Waals surface area contributed by atoms with Crippen LogP contribution in [0.5, 0.6) is 0 Å². The van der Waals surface area contributed by atoms with Crippen molar-refractivity contribution in [1.29, 1.82) is 0 Å². The Morgan fingerprint density at radius 3 is 2.54 bits per heavy atom. The van der Waals surface area contributed by atoms with E-state index < -0.39 is 33.9 Å². The van der Waals surface area contributed by atoms with Gasteiger partial charge in [0.25, 0.3) is 0 Å². The molecule has 2 aliphatic rings. The van der Waals surface area contributed by atoms with Crippen molar-refractivity contribution in [2.75, 3.05) is 7.11 Å². The Morgan fingerprint density at radius 1 is 1.29 bits per heavy atom. The topological polar surface area (TPSA) is 101 Å². The molecule has 0 aliphatic carbocycles. The number of methoxy groups -OCH3 is 1. The maximum Gasteiger partial charge on any atom is 0.338 e. The third-order valence-corrected chi connectivity index (χ3v) is 6.94. The number of fused-ring (bicyclic) bond motifs is 2. The first-order valence-electron chi connectivity index (χ1n) is 7.72. The fourth-order valence-electron chi connectivity index (χ4n) is 3.84. The summed E-state index contributed by atoms with van der Waals surface area (Å²) in [7, 11) is -2.53. The standard InChI is InChI=1S/C16H19NO6S/c1-9-7-11(4-5-12(9)16(20)23-2)24(21,22)17-10-3-6-14(17)13(8-10)15(18)19/h4-5,7,10,13-14H,3,6,8H2,1-2H3,(H,18,19). The molecule has 2 heterocycles. The van der Waals surface area contributed by atoms with Crippen LogP contribution in [0.2, 0.25) is 0 Å². The quantitative estimate of drug-likeness (QED) is 0.821. The second kappa shape index (κ2) is 5.86. The van der Waals surface area contributed by atoms with Crippen molar-refractivity contribution >= 4 is 22.0 Å². The lowest BCUT2D eigenvalue weighted by Crippen LogP contribution is -2.37. The third-order valence-electron chi connectivity index (χ3n) is 4.97. The van der Waals surface area contributed by atoms with Crippen LogP contribution in [0.1, 0.15) is 35.2 Å². The van der Waals surface area contributed by atoms with Crippen LogP contribution in [0.25, 0.3) is 0 Å². The van der Waals surface area contributed by atoms with Gasteiger partial charge in [0, 0.05) is 12.1 Å². The first kappa shape index (κ1) is 16.9. The van der Waals surface area contributed by atoms with E-state index in [0.717, 1.165) is 0 Å². The van der Waals surface area contributed by atoms with Gasteiger partial charge in [-0.25, -0.2) is 13.2 Å². The van der Waals surface area contributed by atoms with Gasteiger partial charge in [0.1, 0.15) is 0 Å². The average Bonchev–Trinajstić information content (AvgIpc) is 3.12. The monoisotopic (exact) mass is 353 g/mol. The van der Waals surface area contributed by atoms with Crippen molar-refractivity contribution in [2.45, 2.75) is 43.2 Å². The number of ether oxygens (including phenoxy) is 1. The molecular weight excluding hydrogens is 334 g/mol. The predicted molar refractivity (Wildman–Crippen MR) is 84.1 cm³/mol. The number of aryl methyl sites for hydroxylation is 1. The summed E-state index contributed by atoms with van der Waals surface area (Å²) in [5.41, 5.74) is 0.813. The molecule has 24 heavy (non-hydrogen) atoms. The number of esters is 1. The van der Waals surface area contributed by atoms with Gasteiger partial charge >= 0.3 is 11.9 Å².